The highest BCUT2D eigenvalue weighted by Crippen LogP contribution is 2.21. The number of carbonyl (C=O) groups excluding carboxylic acids is 2. The summed E-state index contributed by atoms with van der Waals surface area (Å²) in [5.74, 6) is -1.06. The average Bonchev–Trinajstić information content (AvgIpc) is 2.57. The Bertz CT molecular complexity index is 716. The standard InChI is InChI=1S/C19H20INO3/c1-3-16(14-7-5-4-6-8-14)19(23)24-12-18(22)21-17-10-9-15(20)11-13(17)2/h4-11,16H,3,12H2,1-2H3,(H,21,22). The molecule has 0 aliphatic rings. The molecule has 0 saturated heterocycles. The first-order valence-electron chi connectivity index (χ1n) is 7.79. The van der Waals surface area contributed by atoms with Gasteiger partial charge in [-0.05, 0) is 65.3 Å². The van der Waals surface area contributed by atoms with Crippen LogP contribution >= 0.6 is 22.6 Å². The lowest BCUT2D eigenvalue weighted by Gasteiger charge is -2.15. The second-order valence-corrected chi connectivity index (χ2v) is 6.73. The second kappa shape index (κ2) is 8.82. The second-order valence-electron chi connectivity index (χ2n) is 5.49. The van der Waals surface area contributed by atoms with E-state index in [1.54, 1.807) is 0 Å². The summed E-state index contributed by atoms with van der Waals surface area (Å²) in [5.41, 5.74) is 2.60. The van der Waals surface area contributed by atoms with E-state index in [1.807, 2.05) is 62.4 Å². The Morgan fingerprint density at radius 3 is 2.50 bits per heavy atom. The number of nitrogens with one attached hydrogen (secondary N) is 1. The number of rotatable bonds is 6. The molecule has 0 aliphatic heterocycles. The van der Waals surface area contributed by atoms with Gasteiger partial charge < -0.3 is 10.1 Å². The highest BCUT2D eigenvalue weighted by atomic mass is 127. The fourth-order valence-corrected chi connectivity index (χ4v) is 3.06. The molecule has 0 heterocycles. The highest BCUT2D eigenvalue weighted by molar-refractivity contribution is 14.1. The summed E-state index contributed by atoms with van der Waals surface area (Å²) in [6.45, 7) is 3.56. The Labute approximate surface area is 155 Å². The van der Waals surface area contributed by atoms with Crippen molar-refractivity contribution in [1.82, 2.24) is 0 Å². The average molecular weight is 437 g/mol. The predicted octanol–water partition coefficient (Wildman–Crippen LogP) is 4.28. The van der Waals surface area contributed by atoms with Gasteiger partial charge in [-0.3, -0.25) is 9.59 Å². The maximum absolute atomic E-state index is 12.2. The number of amides is 1. The zero-order valence-electron chi connectivity index (χ0n) is 13.7. The molecular weight excluding hydrogens is 417 g/mol. The normalized spacial score (nSPS) is 11.6. The maximum atomic E-state index is 12.2. The van der Waals surface area contributed by atoms with Crippen LogP contribution in [0.5, 0.6) is 0 Å². The number of halogens is 1. The fourth-order valence-electron chi connectivity index (χ4n) is 2.41. The minimum Gasteiger partial charge on any atom is -0.455 e. The number of aryl methyl sites for hydroxylation is 1. The van der Waals surface area contributed by atoms with Crippen LogP contribution in [0.25, 0.3) is 0 Å². The molecule has 5 heteroatoms. The number of benzene rings is 2. The van der Waals surface area contributed by atoms with Crippen molar-refractivity contribution < 1.29 is 14.3 Å². The molecule has 4 nitrogen and oxygen atoms in total. The molecular formula is C19H20INO3. The van der Waals surface area contributed by atoms with Crippen LogP contribution in [-0.4, -0.2) is 18.5 Å². The Balaban J connectivity index is 1.92. The molecule has 1 N–H and O–H groups in total. The first-order chi connectivity index (χ1) is 11.5. The third kappa shape index (κ3) is 5.06. The molecule has 1 atom stereocenters. The van der Waals surface area contributed by atoms with E-state index in [0.717, 1.165) is 20.4 Å². The molecule has 2 aromatic carbocycles. The summed E-state index contributed by atoms with van der Waals surface area (Å²) >= 11 is 2.22. The van der Waals surface area contributed by atoms with Crippen LogP contribution in [0.2, 0.25) is 0 Å². The van der Waals surface area contributed by atoms with E-state index in [-0.39, 0.29) is 24.4 Å². The smallest absolute Gasteiger partial charge is 0.313 e. The van der Waals surface area contributed by atoms with Crippen molar-refractivity contribution in [3.05, 3.63) is 63.2 Å². The zero-order valence-corrected chi connectivity index (χ0v) is 15.9. The van der Waals surface area contributed by atoms with Crippen LogP contribution in [0.1, 0.15) is 30.4 Å². The number of carbonyl (C=O) groups is 2. The van der Waals surface area contributed by atoms with Crippen molar-refractivity contribution in [1.29, 1.82) is 0 Å². The van der Waals surface area contributed by atoms with Gasteiger partial charge in [-0.2, -0.15) is 0 Å². The monoisotopic (exact) mass is 437 g/mol. The number of ether oxygens (including phenoxy) is 1. The van der Waals surface area contributed by atoms with E-state index in [1.165, 1.54) is 0 Å². The molecule has 2 rings (SSSR count). The van der Waals surface area contributed by atoms with E-state index in [4.69, 9.17) is 4.74 Å². The third-order valence-electron chi connectivity index (χ3n) is 3.70. The molecule has 0 saturated carbocycles. The Morgan fingerprint density at radius 1 is 1.17 bits per heavy atom. The molecule has 0 bridgehead atoms. The van der Waals surface area contributed by atoms with Gasteiger partial charge in [0, 0.05) is 9.26 Å². The Kier molecular flexibility index (Phi) is 6.78. The van der Waals surface area contributed by atoms with E-state index >= 15 is 0 Å². The van der Waals surface area contributed by atoms with Crippen LogP contribution in [0.15, 0.2) is 48.5 Å². The minimum atomic E-state index is -0.377. The first kappa shape index (κ1) is 18.4. The number of anilines is 1. The number of hydrogen-bond donors (Lipinski definition) is 1. The molecule has 0 aliphatic carbocycles. The van der Waals surface area contributed by atoms with E-state index in [0.29, 0.717) is 6.42 Å². The van der Waals surface area contributed by atoms with Crippen LogP contribution < -0.4 is 5.32 Å². The lowest BCUT2D eigenvalue weighted by atomic mass is 9.97. The summed E-state index contributed by atoms with van der Waals surface area (Å²) in [5, 5.41) is 2.77. The molecule has 2 aromatic rings. The summed E-state index contributed by atoms with van der Waals surface area (Å²) in [4.78, 5) is 24.3. The Hall–Kier alpha value is -1.89. The summed E-state index contributed by atoms with van der Waals surface area (Å²) in [6.07, 6.45) is 0.626. The molecule has 0 aromatic heterocycles. The van der Waals surface area contributed by atoms with Crippen LogP contribution in [0.3, 0.4) is 0 Å². The third-order valence-corrected chi connectivity index (χ3v) is 4.37. The van der Waals surface area contributed by atoms with Crippen molar-refractivity contribution in [2.45, 2.75) is 26.2 Å². The lowest BCUT2D eigenvalue weighted by Crippen LogP contribution is -2.24. The number of hydrogen-bond acceptors (Lipinski definition) is 3. The summed E-state index contributed by atoms with van der Waals surface area (Å²) in [6, 6.07) is 15.2. The van der Waals surface area contributed by atoms with Gasteiger partial charge >= 0.3 is 5.97 Å². The maximum Gasteiger partial charge on any atom is 0.313 e. The molecule has 1 amide bonds. The molecule has 0 spiro atoms. The zero-order chi connectivity index (χ0) is 17.5. The first-order valence-corrected chi connectivity index (χ1v) is 8.86. The quantitative estimate of drug-likeness (QED) is 0.543. The van der Waals surface area contributed by atoms with Gasteiger partial charge in [-0.25, -0.2) is 0 Å². The van der Waals surface area contributed by atoms with Crippen molar-refractivity contribution >= 4 is 40.2 Å². The van der Waals surface area contributed by atoms with Crippen LogP contribution in [0, 0.1) is 10.5 Å². The van der Waals surface area contributed by atoms with Gasteiger partial charge in [0.15, 0.2) is 6.61 Å². The fraction of sp³-hybridized carbons (Fsp3) is 0.263. The topological polar surface area (TPSA) is 55.4 Å². The van der Waals surface area contributed by atoms with Gasteiger partial charge in [-0.1, -0.05) is 37.3 Å². The minimum absolute atomic E-state index is 0.284. The van der Waals surface area contributed by atoms with Crippen LogP contribution in [-0.2, 0) is 14.3 Å². The van der Waals surface area contributed by atoms with Crippen molar-refractivity contribution in [3.63, 3.8) is 0 Å². The molecule has 0 fully saturated rings. The van der Waals surface area contributed by atoms with Gasteiger partial charge in [-0.15, -0.1) is 0 Å². The predicted molar refractivity (Wildman–Crippen MR) is 103 cm³/mol. The van der Waals surface area contributed by atoms with Gasteiger partial charge in [0.25, 0.3) is 5.91 Å². The summed E-state index contributed by atoms with van der Waals surface area (Å²) < 4.78 is 6.29. The van der Waals surface area contributed by atoms with Gasteiger partial charge in [0.05, 0.1) is 5.92 Å². The van der Waals surface area contributed by atoms with Gasteiger partial charge in [0.1, 0.15) is 0 Å². The largest absolute Gasteiger partial charge is 0.455 e. The van der Waals surface area contributed by atoms with E-state index in [2.05, 4.69) is 27.9 Å². The SMILES string of the molecule is CCC(C(=O)OCC(=O)Nc1ccc(I)cc1C)c1ccccc1. The van der Waals surface area contributed by atoms with Crippen molar-refractivity contribution in [2.24, 2.45) is 0 Å². The van der Waals surface area contributed by atoms with Crippen LogP contribution in [0.4, 0.5) is 5.69 Å². The molecule has 24 heavy (non-hydrogen) atoms. The molecule has 0 radical (unpaired) electrons. The highest BCUT2D eigenvalue weighted by Gasteiger charge is 2.21. The van der Waals surface area contributed by atoms with Gasteiger partial charge in [0.2, 0.25) is 0 Å². The molecule has 126 valence electrons. The van der Waals surface area contributed by atoms with Crippen molar-refractivity contribution in [2.75, 3.05) is 11.9 Å². The number of esters is 1. The van der Waals surface area contributed by atoms with Crippen molar-refractivity contribution in [3.8, 4) is 0 Å². The Morgan fingerprint density at radius 2 is 1.88 bits per heavy atom. The lowest BCUT2D eigenvalue weighted by molar-refractivity contribution is -0.149. The van der Waals surface area contributed by atoms with E-state index in [9.17, 15) is 9.59 Å². The summed E-state index contributed by atoms with van der Waals surface area (Å²) in [7, 11) is 0. The van der Waals surface area contributed by atoms with E-state index < -0.39 is 0 Å². The molecule has 1 unspecified atom stereocenters.